The lowest BCUT2D eigenvalue weighted by Gasteiger charge is -2.25. The van der Waals surface area contributed by atoms with Crippen molar-refractivity contribution in [3.63, 3.8) is 0 Å². The fourth-order valence-electron chi connectivity index (χ4n) is 4.67. The van der Waals surface area contributed by atoms with E-state index >= 15 is 0 Å². The zero-order valence-corrected chi connectivity index (χ0v) is 22.5. The van der Waals surface area contributed by atoms with Crippen molar-refractivity contribution in [3.8, 4) is 0 Å². The van der Waals surface area contributed by atoms with Gasteiger partial charge in [-0.1, -0.05) is 91.0 Å². The Balaban J connectivity index is 1.38. The van der Waals surface area contributed by atoms with Gasteiger partial charge in [-0.3, -0.25) is 0 Å². The molecule has 0 aliphatic carbocycles. The van der Waals surface area contributed by atoms with Crippen LogP contribution in [0.2, 0.25) is 0 Å². The van der Waals surface area contributed by atoms with Crippen LogP contribution in [0.3, 0.4) is 0 Å². The van der Waals surface area contributed by atoms with Gasteiger partial charge in [0, 0.05) is 6.20 Å². The molecule has 3 aromatic carbocycles. The molecule has 0 unspecified atom stereocenters. The number of carbonyl (C=O) groups is 1. The van der Waals surface area contributed by atoms with Gasteiger partial charge in [-0.05, 0) is 23.6 Å². The SMILES string of the molecule is CCOC(=O)n1cnc([C@H]2O[C@H](COCc3ccccc3)[C@H](OCc3ccccc3)[C@H]2OCc2ccccc2)c1. The van der Waals surface area contributed by atoms with Gasteiger partial charge in [0.2, 0.25) is 0 Å². The summed E-state index contributed by atoms with van der Waals surface area (Å²) in [5.74, 6) is 0. The number of hydrogen-bond acceptors (Lipinski definition) is 7. The Morgan fingerprint density at radius 2 is 1.35 bits per heavy atom. The van der Waals surface area contributed by atoms with Crippen molar-refractivity contribution >= 4 is 6.09 Å². The van der Waals surface area contributed by atoms with E-state index in [2.05, 4.69) is 4.98 Å². The normalized spacial score (nSPS) is 20.4. The van der Waals surface area contributed by atoms with Crippen molar-refractivity contribution in [2.24, 2.45) is 0 Å². The average Bonchev–Trinajstić information content (AvgIpc) is 3.62. The van der Waals surface area contributed by atoms with Crippen LogP contribution in [-0.2, 0) is 43.5 Å². The number of nitrogens with zero attached hydrogens (tertiary/aromatic N) is 2. The summed E-state index contributed by atoms with van der Waals surface area (Å²) >= 11 is 0. The molecule has 40 heavy (non-hydrogen) atoms. The first-order chi connectivity index (χ1) is 19.7. The smallest absolute Gasteiger partial charge is 0.419 e. The zero-order valence-electron chi connectivity index (χ0n) is 22.5. The van der Waals surface area contributed by atoms with E-state index in [1.807, 2.05) is 91.0 Å². The minimum atomic E-state index is -0.578. The fourth-order valence-corrected chi connectivity index (χ4v) is 4.67. The minimum Gasteiger partial charge on any atom is -0.449 e. The molecule has 8 nitrogen and oxygen atoms in total. The molecule has 4 atom stereocenters. The zero-order chi connectivity index (χ0) is 27.6. The average molecular weight is 543 g/mol. The maximum atomic E-state index is 12.3. The van der Waals surface area contributed by atoms with Crippen LogP contribution in [0.5, 0.6) is 0 Å². The van der Waals surface area contributed by atoms with Crippen LogP contribution < -0.4 is 0 Å². The van der Waals surface area contributed by atoms with Crippen molar-refractivity contribution in [1.82, 2.24) is 9.55 Å². The second kappa shape index (κ2) is 14.0. The first kappa shape index (κ1) is 27.7. The third kappa shape index (κ3) is 7.22. The van der Waals surface area contributed by atoms with Gasteiger partial charge in [0.1, 0.15) is 30.7 Å². The summed E-state index contributed by atoms with van der Waals surface area (Å²) in [6.07, 6.45) is 0.613. The Bertz CT molecular complexity index is 1320. The Morgan fingerprint density at radius 3 is 1.93 bits per heavy atom. The molecule has 208 valence electrons. The predicted octanol–water partition coefficient (Wildman–Crippen LogP) is 5.72. The molecule has 0 N–H and O–H groups in total. The third-order valence-electron chi connectivity index (χ3n) is 6.65. The van der Waals surface area contributed by atoms with Crippen molar-refractivity contribution in [1.29, 1.82) is 0 Å². The van der Waals surface area contributed by atoms with Crippen molar-refractivity contribution in [2.45, 2.75) is 51.2 Å². The van der Waals surface area contributed by atoms with E-state index in [-0.39, 0.29) is 6.61 Å². The lowest BCUT2D eigenvalue weighted by molar-refractivity contribution is -0.0898. The van der Waals surface area contributed by atoms with Crippen molar-refractivity contribution < 1.29 is 28.5 Å². The molecular weight excluding hydrogens is 508 g/mol. The van der Waals surface area contributed by atoms with Crippen LogP contribution in [0.1, 0.15) is 35.4 Å². The van der Waals surface area contributed by atoms with Crippen LogP contribution in [0.15, 0.2) is 104 Å². The van der Waals surface area contributed by atoms with Crippen LogP contribution in [-0.4, -0.2) is 47.2 Å². The van der Waals surface area contributed by atoms with Gasteiger partial charge in [-0.2, -0.15) is 0 Å². The molecule has 1 fully saturated rings. The highest BCUT2D eigenvalue weighted by Crippen LogP contribution is 2.38. The van der Waals surface area contributed by atoms with E-state index < -0.39 is 30.5 Å². The molecule has 1 aromatic heterocycles. The molecule has 4 aromatic rings. The molecule has 2 heterocycles. The number of imidazole rings is 1. The second-order valence-corrected chi connectivity index (χ2v) is 9.52. The summed E-state index contributed by atoms with van der Waals surface area (Å²) in [5, 5.41) is 0. The number of ether oxygens (including phenoxy) is 5. The molecular formula is C32H34N2O6. The minimum absolute atomic E-state index is 0.269. The van der Waals surface area contributed by atoms with Gasteiger partial charge in [-0.25, -0.2) is 14.3 Å². The Kier molecular flexibility index (Phi) is 9.71. The molecule has 5 rings (SSSR count). The number of rotatable bonds is 12. The topological polar surface area (TPSA) is 81.0 Å². The van der Waals surface area contributed by atoms with Gasteiger partial charge in [-0.15, -0.1) is 0 Å². The van der Waals surface area contributed by atoms with Crippen LogP contribution >= 0.6 is 0 Å². The molecule has 0 amide bonds. The largest absolute Gasteiger partial charge is 0.449 e. The van der Waals surface area contributed by atoms with Crippen LogP contribution in [0.4, 0.5) is 4.79 Å². The lowest BCUT2D eigenvalue weighted by atomic mass is 10.1. The molecule has 0 spiro atoms. The molecule has 8 heteroatoms. The highest BCUT2D eigenvalue weighted by molar-refractivity contribution is 5.70. The highest BCUT2D eigenvalue weighted by atomic mass is 16.6. The summed E-state index contributed by atoms with van der Waals surface area (Å²) in [7, 11) is 0. The van der Waals surface area contributed by atoms with Gasteiger partial charge in [0.05, 0.1) is 38.7 Å². The standard InChI is InChI=1S/C32H34N2O6/c1-2-37-32(35)34-18-27(33-23-34)29-31(39-21-26-16-10-5-11-17-26)30(38-20-25-14-8-4-9-15-25)28(40-29)22-36-19-24-12-6-3-7-13-24/h3-18,23,28-31H,2,19-22H2,1H3/t28-,29-,30+,31+/m1/s1. The second-order valence-electron chi connectivity index (χ2n) is 9.52. The monoisotopic (exact) mass is 542 g/mol. The van der Waals surface area contributed by atoms with Crippen molar-refractivity contribution in [3.05, 3.63) is 126 Å². The number of hydrogen-bond donors (Lipinski definition) is 0. The van der Waals surface area contributed by atoms with Gasteiger partial charge in [0.15, 0.2) is 0 Å². The van der Waals surface area contributed by atoms with Gasteiger partial charge >= 0.3 is 6.09 Å². The third-order valence-corrected chi connectivity index (χ3v) is 6.65. The molecule has 1 saturated heterocycles. The molecule has 0 radical (unpaired) electrons. The molecule has 1 aliphatic heterocycles. The number of carbonyl (C=O) groups excluding carboxylic acids is 1. The summed E-state index contributed by atoms with van der Waals surface area (Å²) in [5.41, 5.74) is 3.71. The quantitative estimate of drug-likeness (QED) is 0.227. The van der Waals surface area contributed by atoms with Gasteiger partial charge in [0.25, 0.3) is 0 Å². The summed E-state index contributed by atoms with van der Waals surface area (Å²) in [6.45, 7) is 3.54. The maximum Gasteiger partial charge on any atom is 0.419 e. The fraction of sp³-hybridized carbons (Fsp3) is 0.312. The molecule has 0 bridgehead atoms. The van der Waals surface area contributed by atoms with E-state index in [0.29, 0.717) is 32.1 Å². The van der Waals surface area contributed by atoms with Crippen molar-refractivity contribution in [2.75, 3.05) is 13.2 Å². The maximum absolute atomic E-state index is 12.3. The summed E-state index contributed by atoms with van der Waals surface area (Å²) in [4.78, 5) is 16.8. The Morgan fingerprint density at radius 1 is 0.800 bits per heavy atom. The first-order valence-electron chi connectivity index (χ1n) is 13.5. The Hall–Kier alpha value is -3.82. The first-order valence-corrected chi connectivity index (χ1v) is 13.5. The van der Waals surface area contributed by atoms with E-state index in [1.54, 1.807) is 13.1 Å². The molecule has 0 saturated carbocycles. The summed E-state index contributed by atoms with van der Waals surface area (Å²) in [6, 6.07) is 29.9. The Labute approximate surface area is 234 Å². The number of benzene rings is 3. The summed E-state index contributed by atoms with van der Waals surface area (Å²) < 4.78 is 32.1. The van der Waals surface area contributed by atoms with E-state index in [1.165, 1.54) is 10.9 Å². The highest BCUT2D eigenvalue weighted by Gasteiger charge is 2.48. The van der Waals surface area contributed by atoms with Crippen LogP contribution in [0.25, 0.3) is 0 Å². The lowest BCUT2D eigenvalue weighted by Crippen LogP contribution is -2.37. The van der Waals surface area contributed by atoms with E-state index in [0.717, 1.165) is 16.7 Å². The molecule has 1 aliphatic rings. The van der Waals surface area contributed by atoms with Gasteiger partial charge < -0.3 is 23.7 Å². The van der Waals surface area contributed by atoms with E-state index in [9.17, 15) is 4.79 Å². The number of aromatic nitrogens is 2. The van der Waals surface area contributed by atoms with Crippen LogP contribution in [0, 0.1) is 0 Å². The van der Waals surface area contributed by atoms with E-state index in [4.69, 9.17) is 23.7 Å². The predicted molar refractivity (Wildman–Crippen MR) is 148 cm³/mol.